The van der Waals surface area contributed by atoms with Gasteiger partial charge in [0.15, 0.2) is 5.82 Å². The normalized spacial score (nSPS) is 14.6. The minimum atomic E-state index is -1.35. The summed E-state index contributed by atoms with van der Waals surface area (Å²) in [4.78, 5) is 4.19. The van der Waals surface area contributed by atoms with Crippen molar-refractivity contribution in [2.24, 2.45) is 0 Å². The van der Waals surface area contributed by atoms with Crippen molar-refractivity contribution >= 4 is 0 Å². The van der Waals surface area contributed by atoms with E-state index >= 15 is 4.39 Å². The Morgan fingerprint density at radius 1 is 1.06 bits per heavy atom. The summed E-state index contributed by atoms with van der Waals surface area (Å²) in [6.45, 7) is 0.954. The molecule has 1 saturated heterocycles. The summed E-state index contributed by atoms with van der Waals surface area (Å²) >= 11 is 0. The minimum absolute atomic E-state index is 0. The summed E-state index contributed by atoms with van der Waals surface area (Å²) in [5.41, 5.74) is 0.0937. The third-order valence-corrected chi connectivity index (χ3v) is 5.17. The zero-order chi connectivity index (χ0) is 24.0. The van der Waals surface area contributed by atoms with Crippen LogP contribution in [0.2, 0.25) is 0 Å². The van der Waals surface area contributed by atoms with Crippen molar-refractivity contribution < 1.29 is 62.1 Å². The largest absolute Gasteiger partial charge is 0.662 e. The molecular formula is C22H27FN5O5Y-. The maximum atomic E-state index is 15.7. The second kappa shape index (κ2) is 12.6. The number of benzene rings is 1. The molecule has 3 N–H and O–H groups in total. The second-order valence-electron chi connectivity index (χ2n) is 7.40. The minimum Gasteiger partial charge on any atom is -0.662 e. The van der Waals surface area contributed by atoms with Crippen LogP contribution in [0.1, 0.15) is 18.5 Å². The topological polar surface area (TPSA) is 127 Å². The maximum Gasteiger partial charge on any atom is 0.212 e. The molecule has 0 spiro atoms. The fourth-order valence-electron chi connectivity index (χ4n) is 3.50. The van der Waals surface area contributed by atoms with Crippen LogP contribution >= 0.6 is 0 Å². The zero-order valence-corrected chi connectivity index (χ0v) is 22.1. The van der Waals surface area contributed by atoms with Gasteiger partial charge >= 0.3 is 0 Å². The van der Waals surface area contributed by atoms with Crippen molar-refractivity contribution in [1.29, 1.82) is 0 Å². The van der Waals surface area contributed by atoms with Crippen LogP contribution in [0.3, 0.4) is 0 Å². The van der Waals surface area contributed by atoms with Gasteiger partial charge in [-0.1, -0.05) is 5.23 Å². The van der Waals surface area contributed by atoms with Crippen LogP contribution in [0.4, 0.5) is 4.39 Å². The summed E-state index contributed by atoms with van der Waals surface area (Å²) in [5, 5.41) is 34.7. The first kappa shape index (κ1) is 28.3. The molecule has 0 bridgehead atoms. The molecule has 0 unspecified atom stereocenters. The molecule has 1 radical (unpaired) electrons. The molecule has 10 nitrogen and oxygen atoms in total. The molecule has 4 rings (SSSR count). The van der Waals surface area contributed by atoms with Crippen molar-refractivity contribution in [3.63, 3.8) is 0 Å². The van der Waals surface area contributed by atoms with Crippen molar-refractivity contribution in [2.75, 3.05) is 34.4 Å². The van der Waals surface area contributed by atoms with Gasteiger partial charge in [-0.15, -0.1) is 13.1 Å². The quantitative estimate of drug-likeness (QED) is 0.415. The SMILES string of the molecule is CN(O)O.COc1ccc(-n2nc(C3(O)CC[N-]CC3)c(F)c2-c2ccc(OC)nc2)cc1.[Y]. The number of hydrogen-bond donors (Lipinski definition) is 3. The van der Waals surface area contributed by atoms with E-state index in [1.54, 1.807) is 43.5 Å². The van der Waals surface area contributed by atoms with Crippen molar-refractivity contribution in [1.82, 2.24) is 20.0 Å². The van der Waals surface area contributed by atoms with Gasteiger partial charge in [0.1, 0.15) is 22.7 Å². The zero-order valence-electron chi connectivity index (χ0n) is 19.2. The number of piperidine rings is 1. The van der Waals surface area contributed by atoms with E-state index in [0.29, 0.717) is 48.8 Å². The number of halogens is 1. The van der Waals surface area contributed by atoms with Gasteiger partial charge in [-0.2, -0.15) is 5.10 Å². The Morgan fingerprint density at radius 2 is 1.68 bits per heavy atom. The number of pyridine rings is 1. The van der Waals surface area contributed by atoms with Crippen molar-refractivity contribution in [2.45, 2.75) is 18.4 Å². The number of methoxy groups -OCH3 is 2. The van der Waals surface area contributed by atoms with Crippen LogP contribution in [0, 0.1) is 5.82 Å². The number of nitrogens with zero attached hydrogens (tertiary/aromatic N) is 5. The molecule has 2 aromatic heterocycles. The monoisotopic (exact) mass is 549 g/mol. The number of hydroxylamine groups is 2. The molecule has 34 heavy (non-hydrogen) atoms. The smallest absolute Gasteiger partial charge is 0.212 e. The molecular weight excluding hydrogens is 522 g/mol. The Kier molecular flexibility index (Phi) is 10.5. The Morgan fingerprint density at radius 3 is 2.18 bits per heavy atom. The van der Waals surface area contributed by atoms with Crippen LogP contribution in [0.25, 0.3) is 22.3 Å². The molecule has 3 aromatic rings. The van der Waals surface area contributed by atoms with E-state index in [1.165, 1.54) is 18.0 Å². The van der Waals surface area contributed by atoms with Crippen LogP contribution in [0.5, 0.6) is 11.6 Å². The van der Waals surface area contributed by atoms with Crippen LogP contribution in [-0.2, 0) is 38.3 Å². The average Bonchev–Trinajstić information content (AvgIpc) is 3.17. The summed E-state index contributed by atoms with van der Waals surface area (Å²) in [5.74, 6) is 0.552. The van der Waals surface area contributed by atoms with E-state index in [-0.39, 0.29) is 49.3 Å². The van der Waals surface area contributed by atoms with Gasteiger partial charge in [0.2, 0.25) is 5.88 Å². The van der Waals surface area contributed by atoms with Gasteiger partial charge in [-0.05, 0) is 43.2 Å². The molecule has 1 aliphatic heterocycles. The Bertz CT molecular complexity index is 1040. The molecule has 1 aromatic carbocycles. The summed E-state index contributed by atoms with van der Waals surface area (Å²) in [6, 6.07) is 10.5. The molecule has 1 aliphatic rings. The Balaban J connectivity index is 0.000000758. The Labute approximate surface area is 222 Å². The fourth-order valence-corrected chi connectivity index (χ4v) is 3.50. The van der Waals surface area contributed by atoms with Gasteiger partial charge < -0.3 is 19.9 Å². The van der Waals surface area contributed by atoms with Gasteiger partial charge in [0.25, 0.3) is 0 Å². The maximum absolute atomic E-state index is 15.7. The van der Waals surface area contributed by atoms with Gasteiger partial charge in [-0.25, -0.2) is 14.1 Å². The predicted octanol–water partition coefficient (Wildman–Crippen LogP) is 3.14. The van der Waals surface area contributed by atoms with E-state index in [1.807, 2.05) is 0 Å². The Hall–Kier alpha value is -1.99. The van der Waals surface area contributed by atoms with E-state index in [0.717, 1.165) is 7.05 Å². The molecule has 0 amide bonds. The van der Waals surface area contributed by atoms with E-state index in [4.69, 9.17) is 19.9 Å². The summed E-state index contributed by atoms with van der Waals surface area (Å²) < 4.78 is 27.5. The van der Waals surface area contributed by atoms with E-state index < -0.39 is 11.4 Å². The molecule has 0 atom stereocenters. The van der Waals surface area contributed by atoms with Gasteiger partial charge in [-0.3, -0.25) is 10.4 Å². The van der Waals surface area contributed by atoms with Crippen molar-refractivity contribution in [3.05, 3.63) is 59.4 Å². The molecule has 12 heteroatoms. The van der Waals surface area contributed by atoms with Gasteiger partial charge in [0, 0.05) is 57.6 Å². The third-order valence-electron chi connectivity index (χ3n) is 5.17. The first-order chi connectivity index (χ1) is 15.8. The number of aromatic nitrogens is 3. The van der Waals surface area contributed by atoms with Crippen molar-refractivity contribution in [3.8, 4) is 28.6 Å². The summed E-state index contributed by atoms with van der Waals surface area (Å²) in [7, 11) is 4.21. The van der Waals surface area contributed by atoms with Crippen LogP contribution in [-0.4, -0.2) is 69.9 Å². The number of ether oxygens (including phenoxy) is 2. The van der Waals surface area contributed by atoms with Gasteiger partial charge in [0.05, 0.1) is 19.9 Å². The fraction of sp³-hybridized carbons (Fsp3) is 0.364. The number of aliphatic hydroxyl groups is 1. The van der Waals surface area contributed by atoms with Crippen LogP contribution < -0.4 is 9.47 Å². The van der Waals surface area contributed by atoms with E-state index in [2.05, 4.69) is 15.4 Å². The number of rotatable bonds is 5. The standard InChI is InChI=1S/C21H22FN4O3.CH5NO2.Y/c1-28-16-6-4-15(5-7-16)26-19(14-3-8-17(29-2)24-13-14)18(22)20(25-26)21(27)9-11-23-12-10-21;1-2(3)4;/h3-8,13,27H,9-12H2,1-2H3;3-4H,1H3;/q-1;;. The predicted molar refractivity (Wildman–Crippen MR) is 117 cm³/mol. The van der Waals surface area contributed by atoms with E-state index in [9.17, 15) is 5.11 Å². The number of hydrogen-bond acceptors (Lipinski definition) is 8. The molecule has 181 valence electrons. The first-order valence-corrected chi connectivity index (χ1v) is 10.2. The molecule has 3 heterocycles. The third kappa shape index (κ3) is 6.57. The molecule has 0 saturated carbocycles. The second-order valence-corrected chi connectivity index (χ2v) is 7.40. The van der Waals surface area contributed by atoms with Crippen LogP contribution in [0.15, 0.2) is 42.6 Å². The molecule has 1 fully saturated rings. The molecule has 0 aliphatic carbocycles. The summed E-state index contributed by atoms with van der Waals surface area (Å²) in [6.07, 6.45) is 2.21. The first-order valence-electron chi connectivity index (χ1n) is 10.2. The average molecular weight is 549 g/mol.